The van der Waals surface area contributed by atoms with Gasteiger partial charge in [-0.05, 0) is 31.9 Å². The highest BCUT2D eigenvalue weighted by Gasteiger charge is 2.25. The van der Waals surface area contributed by atoms with E-state index in [1.807, 2.05) is 26.0 Å². The van der Waals surface area contributed by atoms with Crippen molar-refractivity contribution in [2.24, 2.45) is 0 Å². The number of hydrogen-bond acceptors (Lipinski definition) is 3. The maximum Gasteiger partial charge on any atom is 0.107 e. The number of nitrogens with one attached hydrogen (secondary N) is 1. The number of nitrogen functional groups attached to an aromatic ring is 1. The largest absolute Gasteiger partial charge is 0.397 e. The molecule has 3 heteroatoms. The molecule has 0 spiro atoms. The molecule has 1 fully saturated rings. The van der Waals surface area contributed by atoms with E-state index in [2.05, 4.69) is 4.98 Å². The molecule has 1 aliphatic rings. The Kier molecular flexibility index (Phi) is 3.83. The molecule has 0 amide bonds. The molecular weight excluding hydrogens is 186 g/mol. The van der Waals surface area contributed by atoms with Crippen molar-refractivity contribution in [3.63, 3.8) is 0 Å². The highest BCUT2D eigenvalue weighted by atomic mass is 14.8. The van der Waals surface area contributed by atoms with E-state index in [9.17, 15) is 0 Å². The summed E-state index contributed by atoms with van der Waals surface area (Å²) in [5.74, 6) is 0.624. The Morgan fingerprint density at radius 3 is 2.47 bits per heavy atom. The van der Waals surface area contributed by atoms with Gasteiger partial charge in [-0.25, -0.2) is 4.98 Å². The molecule has 0 atom stereocenters. The fourth-order valence-electron chi connectivity index (χ4n) is 1.39. The molecule has 1 aromatic heterocycles. The number of anilines is 1. The topological polar surface area (TPSA) is 62.8 Å². The number of nitrogens with zero attached hydrogens (tertiary/aromatic N) is 1. The zero-order valence-electron chi connectivity index (χ0n) is 9.67. The molecule has 15 heavy (non-hydrogen) atoms. The molecule has 0 radical (unpaired) electrons. The maximum absolute atomic E-state index is 7.49. The SMILES string of the molecule is CC.CC(=N)c1nc(C2CC2)ccc1N. The summed E-state index contributed by atoms with van der Waals surface area (Å²) < 4.78 is 0. The molecule has 0 bridgehead atoms. The number of rotatable bonds is 2. The number of nitrogens with two attached hydrogens (primary N) is 1. The summed E-state index contributed by atoms with van der Waals surface area (Å²) in [5, 5.41) is 7.49. The van der Waals surface area contributed by atoms with Gasteiger partial charge in [0.25, 0.3) is 0 Å². The van der Waals surface area contributed by atoms with Gasteiger partial charge in [0.15, 0.2) is 0 Å². The zero-order chi connectivity index (χ0) is 11.4. The van der Waals surface area contributed by atoms with Crippen molar-refractivity contribution in [3.05, 3.63) is 23.5 Å². The first kappa shape index (κ1) is 11.7. The minimum atomic E-state index is 0.444. The van der Waals surface area contributed by atoms with Crippen LogP contribution < -0.4 is 5.73 Å². The molecule has 0 saturated heterocycles. The van der Waals surface area contributed by atoms with Crippen molar-refractivity contribution in [2.75, 3.05) is 5.73 Å². The lowest BCUT2D eigenvalue weighted by Gasteiger charge is -2.04. The Balaban J connectivity index is 0.000000531. The summed E-state index contributed by atoms with van der Waals surface area (Å²) in [6.45, 7) is 5.72. The van der Waals surface area contributed by atoms with Gasteiger partial charge in [0, 0.05) is 11.6 Å². The Morgan fingerprint density at radius 1 is 1.40 bits per heavy atom. The monoisotopic (exact) mass is 205 g/mol. The van der Waals surface area contributed by atoms with Crippen LogP contribution in [-0.4, -0.2) is 10.7 Å². The normalized spacial score (nSPS) is 14.1. The van der Waals surface area contributed by atoms with Gasteiger partial charge in [-0.15, -0.1) is 0 Å². The summed E-state index contributed by atoms with van der Waals surface area (Å²) >= 11 is 0. The maximum atomic E-state index is 7.49. The molecule has 3 nitrogen and oxygen atoms in total. The van der Waals surface area contributed by atoms with E-state index in [4.69, 9.17) is 11.1 Å². The predicted molar refractivity (Wildman–Crippen MR) is 64.5 cm³/mol. The fraction of sp³-hybridized carbons (Fsp3) is 0.500. The van der Waals surface area contributed by atoms with Crippen molar-refractivity contribution in [1.29, 1.82) is 5.41 Å². The van der Waals surface area contributed by atoms with Gasteiger partial charge in [0.2, 0.25) is 0 Å². The van der Waals surface area contributed by atoms with Crippen molar-refractivity contribution < 1.29 is 0 Å². The van der Waals surface area contributed by atoms with E-state index < -0.39 is 0 Å². The Hall–Kier alpha value is -1.38. The summed E-state index contributed by atoms with van der Waals surface area (Å²) in [5.41, 5.74) is 8.50. The molecule has 0 unspecified atom stereocenters. The van der Waals surface area contributed by atoms with E-state index in [0.717, 1.165) is 5.69 Å². The van der Waals surface area contributed by atoms with Crippen molar-refractivity contribution in [1.82, 2.24) is 4.98 Å². The van der Waals surface area contributed by atoms with Crippen LogP contribution in [0.25, 0.3) is 0 Å². The number of hydrogen-bond donors (Lipinski definition) is 2. The van der Waals surface area contributed by atoms with E-state index in [0.29, 0.717) is 23.0 Å². The molecule has 0 aliphatic heterocycles. The second-order valence-corrected chi connectivity index (χ2v) is 3.57. The van der Waals surface area contributed by atoms with Crippen LogP contribution in [0.5, 0.6) is 0 Å². The van der Waals surface area contributed by atoms with Gasteiger partial charge in [-0.1, -0.05) is 13.8 Å². The molecule has 1 aliphatic carbocycles. The number of pyridine rings is 1. The Labute approximate surface area is 91.2 Å². The molecule has 0 aromatic carbocycles. The van der Waals surface area contributed by atoms with Gasteiger partial charge in [0.1, 0.15) is 5.69 Å². The van der Waals surface area contributed by atoms with E-state index in [-0.39, 0.29) is 0 Å². The standard InChI is InChI=1S/C10H13N3.C2H6/c1-6(11)10-8(12)4-5-9(13-10)7-2-3-7;1-2/h4-5,7,11H,2-3,12H2,1H3;1-2H3. The third-order valence-electron chi connectivity index (χ3n) is 2.30. The lowest BCUT2D eigenvalue weighted by Crippen LogP contribution is -2.04. The van der Waals surface area contributed by atoms with E-state index in [1.54, 1.807) is 6.92 Å². The number of aromatic nitrogens is 1. The van der Waals surface area contributed by atoms with Crippen LogP contribution in [-0.2, 0) is 0 Å². The van der Waals surface area contributed by atoms with E-state index >= 15 is 0 Å². The van der Waals surface area contributed by atoms with Gasteiger partial charge in [0.05, 0.1) is 11.4 Å². The van der Waals surface area contributed by atoms with Gasteiger partial charge >= 0.3 is 0 Å². The molecule has 3 N–H and O–H groups in total. The lowest BCUT2D eigenvalue weighted by atomic mass is 10.2. The molecule has 82 valence electrons. The second kappa shape index (κ2) is 4.91. The summed E-state index contributed by atoms with van der Waals surface area (Å²) in [4.78, 5) is 4.38. The summed E-state index contributed by atoms with van der Waals surface area (Å²) in [6, 6.07) is 3.83. The minimum absolute atomic E-state index is 0.444. The highest BCUT2D eigenvalue weighted by Crippen LogP contribution is 2.39. The molecule has 1 saturated carbocycles. The van der Waals surface area contributed by atoms with Crippen LogP contribution in [0.2, 0.25) is 0 Å². The fourth-order valence-corrected chi connectivity index (χ4v) is 1.39. The smallest absolute Gasteiger partial charge is 0.107 e. The molecular formula is C12H19N3. The van der Waals surface area contributed by atoms with Crippen LogP contribution in [0.4, 0.5) is 5.69 Å². The lowest BCUT2D eigenvalue weighted by molar-refractivity contribution is 1.02. The quantitative estimate of drug-likeness (QED) is 0.729. The average Bonchev–Trinajstić information content (AvgIpc) is 3.05. The van der Waals surface area contributed by atoms with Gasteiger partial charge < -0.3 is 11.1 Å². The van der Waals surface area contributed by atoms with Crippen molar-refractivity contribution in [3.8, 4) is 0 Å². The first-order valence-electron chi connectivity index (χ1n) is 5.50. The van der Waals surface area contributed by atoms with Crippen LogP contribution in [0.15, 0.2) is 12.1 Å². The van der Waals surface area contributed by atoms with Crippen molar-refractivity contribution in [2.45, 2.75) is 39.5 Å². The van der Waals surface area contributed by atoms with Gasteiger partial charge in [-0.2, -0.15) is 0 Å². The van der Waals surface area contributed by atoms with Crippen LogP contribution >= 0.6 is 0 Å². The third-order valence-corrected chi connectivity index (χ3v) is 2.30. The van der Waals surface area contributed by atoms with Crippen LogP contribution in [0.3, 0.4) is 0 Å². The van der Waals surface area contributed by atoms with Crippen LogP contribution in [0, 0.1) is 5.41 Å². The van der Waals surface area contributed by atoms with Crippen molar-refractivity contribution >= 4 is 11.4 Å². The summed E-state index contributed by atoms with van der Waals surface area (Å²) in [6.07, 6.45) is 2.46. The second-order valence-electron chi connectivity index (χ2n) is 3.57. The highest BCUT2D eigenvalue weighted by molar-refractivity contribution is 5.98. The van der Waals surface area contributed by atoms with Crippen LogP contribution in [0.1, 0.15) is 50.9 Å². The molecule has 2 rings (SSSR count). The zero-order valence-corrected chi connectivity index (χ0v) is 9.67. The average molecular weight is 205 g/mol. The Morgan fingerprint density at radius 2 is 2.00 bits per heavy atom. The first-order valence-corrected chi connectivity index (χ1v) is 5.50. The Bertz CT molecular complexity index is 354. The predicted octanol–water partition coefficient (Wildman–Crippen LogP) is 2.96. The van der Waals surface area contributed by atoms with E-state index in [1.165, 1.54) is 12.8 Å². The molecule has 1 heterocycles. The van der Waals surface area contributed by atoms with Gasteiger partial charge in [-0.3, -0.25) is 0 Å². The third kappa shape index (κ3) is 2.78. The molecule has 1 aromatic rings. The first-order chi connectivity index (χ1) is 7.18. The summed E-state index contributed by atoms with van der Waals surface area (Å²) in [7, 11) is 0. The minimum Gasteiger partial charge on any atom is -0.397 e.